The molecule has 0 aliphatic carbocycles. The van der Waals surface area contributed by atoms with E-state index in [1.165, 1.54) is 0 Å². The molecule has 0 aliphatic heterocycles. The first-order valence-electron chi connectivity index (χ1n) is 4.90. The minimum absolute atomic E-state index is 0.0755. The highest BCUT2D eigenvalue weighted by Gasteiger charge is 2.03. The van der Waals surface area contributed by atoms with Crippen LogP contribution in [0.1, 0.15) is 6.92 Å². The Morgan fingerprint density at radius 3 is 2.53 bits per heavy atom. The van der Waals surface area contributed by atoms with Gasteiger partial charge in [0.25, 0.3) is 0 Å². The van der Waals surface area contributed by atoms with Crippen LogP contribution in [-0.4, -0.2) is 36.1 Å². The van der Waals surface area contributed by atoms with Gasteiger partial charge in [-0.1, -0.05) is 6.07 Å². The fourth-order valence-electron chi connectivity index (χ4n) is 1.07. The van der Waals surface area contributed by atoms with E-state index in [9.17, 15) is 0 Å². The zero-order valence-corrected chi connectivity index (χ0v) is 8.72. The lowest BCUT2D eigenvalue weighted by Crippen LogP contribution is -2.21. The maximum absolute atomic E-state index is 9.09. The van der Waals surface area contributed by atoms with E-state index in [-0.39, 0.29) is 13.2 Å². The summed E-state index contributed by atoms with van der Waals surface area (Å²) in [6.45, 7) is 2.28. The van der Waals surface area contributed by atoms with Crippen LogP contribution in [0.25, 0.3) is 0 Å². The quantitative estimate of drug-likeness (QED) is 0.733. The van der Waals surface area contributed by atoms with Gasteiger partial charge in [0, 0.05) is 6.07 Å². The summed E-state index contributed by atoms with van der Waals surface area (Å²) in [6, 6.07) is 7.16. The lowest BCUT2D eigenvalue weighted by molar-refractivity contribution is 0.0535. The fourth-order valence-corrected chi connectivity index (χ4v) is 1.07. The molecule has 0 heterocycles. The van der Waals surface area contributed by atoms with E-state index in [0.717, 1.165) is 5.75 Å². The van der Waals surface area contributed by atoms with Crippen LogP contribution in [0.5, 0.6) is 11.5 Å². The van der Waals surface area contributed by atoms with E-state index in [0.29, 0.717) is 12.4 Å². The molecule has 0 bridgehead atoms. The van der Waals surface area contributed by atoms with E-state index >= 15 is 0 Å². The zero-order valence-electron chi connectivity index (χ0n) is 8.72. The molecule has 0 spiro atoms. The largest absolute Gasteiger partial charge is 0.494 e. The molecule has 0 aliphatic rings. The fraction of sp³-hybridized carbons (Fsp3) is 0.455. The molecule has 0 fully saturated rings. The van der Waals surface area contributed by atoms with Crippen LogP contribution in [-0.2, 0) is 0 Å². The SMILES string of the molecule is CCOc1cccc(OCC(O)CO)c1. The predicted molar refractivity (Wildman–Crippen MR) is 56.2 cm³/mol. The maximum atomic E-state index is 9.09. The van der Waals surface area contributed by atoms with Crippen molar-refractivity contribution in [2.24, 2.45) is 0 Å². The van der Waals surface area contributed by atoms with Crippen LogP contribution in [0.4, 0.5) is 0 Å². The Morgan fingerprint density at radius 2 is 1.93 bits per heavy atom. The van der Waals surface area contributed by atoms with Gasteiger partial charge in [0.2, 0.25) is 0 Å². The van der Waals surface area contributed by atoms with Crippen LogP contribution in [0, 0.1) is 0 Å². The monoisotopic (exact) mass is 212 g/mol. The first kappa shape index (κ1) is 11.8. The lowest BCUT2D eigenvalue weighted by Gasteiger charge is -2.10. The first-order valence-corrected chi connectivity index (χ1v) is 4.90. The van der Waals surface area contributed by atoms with Crippen molar-refractivity contribution in [3.8, 4) is 11.5 Å². The van der Waals surface area contributed by atoms with Crippen molar-refractivity contribution in [3.05, 3.63) is 24.3 Å². The summed E-state index contributed by atoms with van der Waals surface area (Å²) in [5.74, 6) is 1.35. The Labute approximate surface area is 89.1 Å². The molecule has 2 N–H and O–H groups in total. The predicted octanol–water partition coefficient (Wildman–Crippen LogP) is 0.817. The maximum Gasteiger partial charge on any atom is 0.123 e. The molecule has 4 heteroatoms. The summed E-state index contributed by atoms with van der Waals surface area (Å²) in [4.78, 5) is 0. The normalized spacial score (nSPS) is 12.2. The molecule has 15 heavy (non-hydrogen) atoms. The molecule has 84 valence electrons. The van der Waals surface area contributed by atoms with Crippen LogP contribution in [0.2, 0.25) is 0 Å². The molecule has 1 rings (SSSR count). The third-order valence-electron chi connectivity index (χ3n) is 1.77. The van der Waals surface area contributed by atoms with Gasteiger partial charge in [0.1, 0.15) is 24.2 Å². The van der Waals surface area contributed by atoms with Gasteiger partial charge in [0.05, 0.1) is 13.2 Å². The number of aliphatic hydroxyl groups is 2. The Bertz CT molecular complexity index is 288. The van der Waals surface area contributed by atoms with Crippen LogP contribution < -0.4 is 9.47 Å². The Hall–Kier alpha value is -1.26. The lowest BCUT2D eigenvalue weighted by atomic mass is 10.3. The average Bonchev–Trinajstić information content (AvgIpc) is 2.27. The van der Waals surface area contributed by atoms with E-state index in [1.807, 2.05) is 19.1 Å². The minimum Gasteiger partial charge on any atom is -0.494 e. The Balaban J connectivity index is 2.50. The molecule has 0 amide bonds. The Kier molecular flexibility index (Phi) is 4.93. The average molecular weight is 212 g/mol. The second kappa shape index (κ2) is 6.27. The standard InChI is InChI=1S/C11H16O4/c1-2-14-10-4-3-5-11(6-10)15-8-9(13)7-12/h3-6,9,12-13H,2,7-8H2,1H3. The zero-order chi connectivity index (χ0) is 11.1. The third kappa shape index (κ3) is 4.18. The minimum atomic E-state index is -0.847. The number of benzene rings is 1. The summed E-state index contributed by atoms with van der Waals surface area (Å²) >= 11 is 0. The van der Waals surface area contributed by atoms with Gasteiger partial charge in [-0.2, -0.15) is 0 Å². The van der Waals surface area contributed by atoms with Crippen LogP contribution in [0.15, 0.2) is 24.3 Å². The smallest absolute Gasteiger partial charge is 0.123 e. The van der Waals surface area contributed by atoms with Gasteiger partial charge in [-0.25, -0.2) is 0 Å². The molecule has 0 aromatic heterocycles. The van der Waals surface area contributed by atoms with E-state index < -0.39 is 6.10 Å². The van der Waals surface area contributed by atoms with Crippen molar-refractivity contribution >= 4 is 0 Å². The van der Waals surface area contributed by atoms with Gasteiger partial charge < -0.3 is 19.7 Å². The van der Waals surface area contributed by atoms with E-state index in [4.69, 9.17) is 19.7 Å². The molecular weight excluding hydrogens is 196 g/mol. The van der Waals surface area contributed by atoms with Crippen LogP contribution >= 0.6 is 0 Å². The number of rotatable bonds is 6. The van der Waals surface area contributed by atoms with Gasteiger partial charge in [-0.05, 0) is 19.1 Å². The molecule has 0 saturated carbocycles. The molecule has 1 aromatic carbocycles. The van der Waals surface area contributed by atoms with Crippen molar-refractivity contribution in [3.63, 3.8) is 0 Å². The summed E-state index contributed by atoms with van der Waals surface area (Å²) in [6.07, 6.45) is -0.847. The summed E-state index contributed by atoms with van der Waals surface area (Å²) in [7, 11) is 0. The van der Waals surface area contributed by atoms with E-state index in [2.05, 4.69) is 0 Å². The highest BCUT2D eigenvalue weighted by molar-refractivity contribution is 5.32. The summed E-state index contributed by atoms with van der Waals surface area (Å²) in [5.41, 5.74) is 0. The second-order valence-corrected chi connectivity index (χ2v) is 3.06. The summed E-state index contributed by atoms with van der Waals surface area (Å²) in [5, 5.41) is 17.7. The van der Waals surface area contributed by atoms with Crippen molar-refractivity contribution in [1.29, 1.82) is 0 Å². The topological polar surface area (TPSA) is 58.9 Å². The number of aliphatic hydroxyl groups excluding tert-OH is 2. The van der Waals surface area contributed by atoms with Crippen molar-refractivity contribution in [1.82, 2.24) is 0 Å². The van der Waals surface area contributed by atoms with Crippen LogP contribution in [0.3, 0.4) is 0 Å². The summed E-state index contributed by atoms with van der Waals surface area (Å²) < 4.78 is 10.5. The van der Waals surface area contributed by atoms with Gasteiger partial charge >= 0.3 is 0 Å². The molecule has 0 radical (unpaired) electrons. The molecule has 1 unspecified atom stereocenters. The number of ether oxygens (including phenoxy) is 2. The second-order valence-electron chi connectivity index (χ2n) is 3.06. The van der Waals surface area contributed by atoms with Gasteiger partial charge in [-0.15, -0.1) is 0 Å². The van der Waals surface area contributed by atoms with Crippen molar-refractivity contribution < 1.29 is 19.7 Å². The molecule has 1 aromatic rings. The molecule has 0 saturated heterocycles. The van der Waals surface area contributed by atoms with Gasteiger partial charge in [-0.3, -0.25) is 0 Å². The Morgan fingerprint density at radius 1 is 1.27 bits per heavy atom. The van der Waals surface area contributed by atoms with Crippen molar-refractivity contribution in [2.45, 2.75) is 13.0 Å². The molecule has 1 atom stereocenters. The van der Waals surface area contributed by atoms with E-state index in [1.54, 1.807) is 12.1 Å². The van der Waals surface area contributed by atoms with Gasteiger partial charge in [0.15, 0.2) is 0 Å². The van der Waals surface area contributed by atoms with Crippen molar-refractivity contribution in [2.75, 3.05) is 19.8 Å². The number of hydrogen-bond acceptors (Lipinski definition) is 4. The first-order chi connectivity index (χ1) is 7.26. The number of hydrogen-bond donors (Lipinski definition) is 2. The third-order valence-corrected chi connectivity index (χ3v) is 1.77. The highest BCUT2D eigenvalue weighted by Crippen LogP contribution is 2.19. The molecular formula is C11H16O4. The highest BCUT2D eigenvalue weighted by atomic mass is 16.5. The molecule has 4 nitrogen and oxygen atoms in total.